The lowest BCUT2D eigenvalue weighted by Gasteiger charge is -2.39. The van der Waals surface area contributed by atoms with E-state index in [1.54, 1.807) is 16.8 Å². The van der Waals surface area contributed by atoms with E-state index in [0.29, 0.717) is 6.42 Å². The summed E-state index contributed by atoms with van der Waals surface area (Å²) < 4.78 is 0. The average Bonchev–Trinajstić information content (AvgIpc) is 2.46. The quantitative estimate of drug-likeness (QED) is 0.623. The van der Waals surface area contributed by atoms with Crippen molar-refractivity contribution in [2.75, 3.05) is 7.05 Å². The highest BCUT2D eigenvalue weighted by molar-refractivity contribution is 6.01. The molecule has 6 nitrogen and oxygen atoms in total. The molecule has 4 amide bonds. The van der Waals surface area contributed by atoms with Crippen LogP contribution in [0, 0.1) is 0 Å². The van der Waals surface area contributed by atoms with E-state index in [1.165, 1.54) is 0 Å². The predicted octanol–water partition coefficient (Wildman–Crippen LogP) is 1.91. The first-order valence-electron chi connectivity index (χ1n) is 7.85. The van der Waals surface area contributed by atoms with Crippen molar-refractivity contribution >= 4 is 17.8 Å². The van der Waals surface area contributed by atoms with E-state index >= 15 is 0 Å². The minimum atomic E-state index is -0.608. The van der Waals surface area contributed by atoms with E-state index in [2.05, 4.69) is 5.32 Å². The van der Waals surface area contributed by atoms with Crippen LogP contribution in [-0.4, -0.2) is 52.8 Å². The number of piperidine rings is 1. The van der Waals surface area contributed by atoms with Gasteiger partial charge in [-0.25, -0.2) is 4.79 Å². The van der Waals surface area contributed by atoms with Gasteiger partial charge >= 0.3 is 6.03 Å². The van der Waals surface area contributed by atoms with Gasteiger partial charge in [-0.05, 0) is 33.6 Å². The van der Waals surface area contributed by atoms with Gasteiger partial charge in [-0.2, -0.15) is 0 Å². The highest BCUT2D eigenvalue weighted by Gasteiger charge is 2.37. The monoisotopic (exact) mass is 309 g/mol. The zero-order chi connectivity index (χ0) is 16.9. The Morgan fingerprint density at radius 3 is 2.50 bits per heavy atom. The first-order valence-corrected chi connectivity index (χ1v) is 7.85. The number of hydrogen-bond acceptors (Lipinski definition) is 3. The van der Waals surface area contributed by atoms with Crippen LogP contribution in [0.5, 0.6) is 0 Å². The zero-order valence-corrected chi connectivity index (χ0v) is 14.1. The van der Waals surface area contributed by atoms with Crippen LogP contribution in [-0.2, 0) is 9.59 Å². The Hall–Kier alpha value is -1.85. The number of carbonyl (C=O) groups excluding carboxylic acids is 3. The zero-order valence-electron chi connectivity index (χ0n) is 14.1. The molecule has 0 spiro atoms. The molecule has 0 aromatic rings. The third kappa shape index (κ3) is 4.32. The van der Waals surface area contributed by atoms with Crippen LogP contribution in [0.2, 0.25) is 0 Å². The molecule has 2 unspecified atom stereocenters. The van der Waals surface area contributed by atoms with Gasteiger partial charge in [0.2, 0.25) is 11.8 Å². The van der Waals surface area contributed by atoms with Crippen molar-refractivity contribution in [3.05, 3.63) is 12.2 Å². The fourth-order valence-electron chi connectivity index (χ4n) is 2.37. The molecule has 22 heavy (non-hydrogen) atoms. The fourth-order valence-corrected chi connectivity index (χ4v) is 2.37. The maximum Gasteiger partial charge on any atom is 0.321 e. The lowest BCUT2D eigenvalue weighted by Crippen LogP contribution is -2.59. The van der Waals surface area contributed by atoms with Crippen LogP contribution in [0.4, 0.5) is 4.79 Å². The molecule has 0 aliphatic carbocycles. The van der Waals surface area contributed by atoms with E-state index < -0.39 is 11.9 Å². The van der Waals surface area contributed by atoms with Gasteiger partial charge in [-0.1, -0.05) is 19.1 Å². The number of carbonyl (C=O) groups is 3. The Balaban J connectivity index is 3.05. The van der Waals surface area contributed by atoms with Crippen LogP contribution >= 0.6 is 0 Å². The van der Waals surface area contributed by atoms with Gasteiger partial charge in [-0.3, -0.25) is 14.9 Å². The molecule has 0 radical (unpaired) electrons. The van der Waals surface area contributed by atoms with Crippen molar-refractivity contribution in [1.29, 1.82) is 0 Å². The van der Waals surface area contributed by atoms with Crippen molar-refractivity contribution in [2.45, 2.75) is 65.1 Å². The molecule has 2 atom stereocenters. The summed E-state index contributed by atoms with van der Waals surface area (Å²) in [5, 5.41) is 2.33. The second-order valence-electron chi connectivity index (χ2n) is 5.94. The fraction of sp³-hybridized carbons (Fsp3) is 0.688. The molecule has 1 aliphatic rings. The third-order valence-electron chi connectivity index (χ3n) is 3.93. The predicted molar refractivity (Wildman–Crippen MR) is 85.2 cm³/mol. The Morgan fingerprint density at radius 1 is 1.36 bits per heavy atom. The molecule has 1 saturated heterocycles. The van der Waals surface area contributed by atoms with Gasteiger partial charge < -0.3 is 9.80 Å². The van der Waals surface area contributed by atoms with Crippen LogP contribution in [0.3, 0.4) is 0 Å². The molecule has 124 valence electrons. The van der Waals surface area contributed by atoms with Gasteiger partial charge in [0.05, 0.1) is 0 Å². The summed E-state index contributed by atoms with van der Waals surface area (Å²) in [7, 11) is 1.72. The summed E-state index contributed by atoms with van der Waals surface area (Å²) in [5.74, 6) is -0.666. The summed E-state index contributed by atoms with van der Waals surface area (Å²) in [6.07, 6.45) is 5.39. The number of hydrogen-bond donors (Lipinski definition) is 1. The molecule has 1 fully saturated rings. The number of imide groups is 1. The molecule has 6 heteroatoms. The minimum Gasteiger partial charge on any atom is -0.325 e. The van der Waals surface area contributed by atoms with E-state index in [9.17, 15) is 14.4 Å². The van der Waals surface area contributed by atoms with Crippen molar-refractivity contribution in [2.24, 2.45) is 0 Å². The van der Waals surface area contributed by atoms with Crippen molar-refractivity contribution in [3.8, 4) is 0 Å². The number of nitrogens with zero attached hydrogens (tertiary/aromatic N) is 2. The molecule has 0 aromatic heterocycles. The summed E-state index contributed by atoms with van der Waals surface area (Å²) in [5.41, 5.74) is 0. The maximum absolute atomic E-state index is 12.8. The van der Waals surface area contributed by atoms with E-state index in [4.69, 9.17) is 0 Å². The Morgan fingerprint density at radius 2 is 2.00 bits per heavy atom. The van der Waals surface area contributed by atoms with Crippen molar-refractivity contribution in [3.63, 3.8) is 0 Å². The van der Waals surface area contributed by atoms with Crippen LogP contribution in [0.15, 0.2) is 12.2 Å². The smallest absolute Gasteiger partial charge is 0.321 e. The lowest BCUT2D eigenvalue weighted by atomic mass is 10.0. The largest absolute Gasteiger partial charge is 0.325 e. The van der Waals surface area contributed by atoms with Gasteiger partial charge in [-0.15, -0.1) is 0 Å². The number of amides is 4. The molecule has 1 rings (SSSR count). The number of rotatable bonds is 5. The van der Waals surface area contributed by atoms with Gasteiger partial charge in [0.25, 0.3) is 0 Å². The minimum absolute atomic E-state index is 0.0330. The van der Waals surface area contributed by atoms with Crippen LogP contribution in [0.1, 0.15) is 47.0 Å². The summed E-state index contributed by atoms with van der Waals surface area (Å²) in [4.78, 5) is 39.4. The summed E-state index contributed by atoms with van der Waals surface area (Å²) >= 11 is 0. The lowest BCUT2D eigenvalue weighted by molar-refractivity contribution is -0.137. The van der Waals surface area contributed by atoms with E-state index in [1.807, 2.05) is 39.8 Å². The van der Waals surface area contributed by atoms with Gasteiger partial charge in [0, 0.05) is 25.6 Å². The Labute approximate surface area is 132 Å². The third-order valence-corrected chi connectivity index (χ3v) is 3.93. The molecule has 1 aliphatic heterocycles. The summed E-state index contributed by atoms with van der Waals surface area (Å²) in [6.45, 7) is 7.75. The number of urea groups is 1. The van der Waals surface area contributed by atoms with Gasteiger partial charge in [0.1, 0.15) is 6.04 Å². The standard InChI is InChI=1S/C16H27N3O3/c1-6-7-8-12(4)19(16(22)18(5)11(2)3)13-9-10-14(20)17-15(13)21/h7-8,11-13H,6,9-10H2,1-5H3,(H,17,20,21)/b8-7-. The van der Waals surface area contributed by atoms with E-state index in [0.717, 1.165) is 6.42 Å². The highest BCUT2D eigenvalue weighted by Crippen LogP contribution is 2.19. The molecule has 1 N–H and O–H groups in total. The Bertz CT molecular complexity index is 460. The SMILES string of the molecule is CC/C=C\C(C)N(C(=O)N(C)C(C)C)C1CCC(=O)NC1=O. The normalized spacial score (nSPS) is 20.2. The molecule has 0 aromatic carbocycles. The molecular weight excluding hydrogens is 282 g/mol. The molecule has 0 saturated carbocycles. The van der Waals surface area contributed by atoms with E-state index in [-0.39, 0.29) is 30.4 Å². The second-order valence-corrected chi connectivity index (χ2v) is 5.94. The van der Waals surface area contributed by atoms with Gasteiger partial charge in [0.15, 0.2) is 0 Å². The summed E-state index contributed by atoms with van der Waals surface area (Å²) in [6, 6.07) is -0.983. The first kappa shape index (κ1) is 18.2. The molecule has 1 heterocycles. The van der Waals surface area contributed by atoms with Crippen LogP contribution < -0.4 is 5.32 Å². The topological polar surface area (TPSA) is 69.7 Å². The van der Waals surface area contributed by atoms with Crippen LogP contribution in [0.25, 0.3) is 0 Å². The molecule has 0 bridgehead atoms. The number of nitrogens with one attached hydrogen (secondary N) is 1. The van der Waals surface area contributed by atoms with Crippen molar-refractivity contribution in [1.82, 2.24) is 15.1 Å². The average molecular weight is 309 g/mol. The molecular formula is C16H27N3O3. The Kier molecular flexibility index (Phi) is 6.59. The highest BCUT2D eigenvalue weighted by atomic mass is 16.2. The number of allylic oxidation sites excluding steroid dienone is 1. The first-order chi connectivity index (χ1) is 10.3. The van der Waals surface area contributed by atoms with Crippen molar-refractivity contribution < 1.29 is 14.4 Å². The maximum atomic E-state index is 12.8. The second kappa shape index (κ2) is 7.96.